The van der Waals surface area contributed by atoms with Gasteiger partial charge in [0.15, 0.2) is 0 Å². The molecule has 1 atom stereocenters. The third-order valence-electron chi connectivity index (χ3n) is 4.48. The Hall–Kier alpha value is -3.11. The molecule has 0 aliphatic carbocycles. The van der Waals surface area contributed by atoms with E-state index in [0.717, 1.165) is 14.7 Å². The van der Waals surface area contributed by atoms with Crippen molar-refractivity contribution in [3.63, 3.8) is 0 Å². The molecule has 2 aromatic rings. The third kappa shape index (κ3) is 4.89. The molecule has 30 heavy (non-hydrogen) atoms. The van der Waals surface area contributed by atoms with E-state index >= 15 is 0 Å². The Balaban J connectivity index is 1.72. The second kappa shape index (κ2) is 9.14. The SMILES string of the molecule is CC1(C)NC(=O)N(CC(COc2ccccc2Sc2ccncc2)N(O)C=O)C1=O. The number of imide groups is 1. The number of nitrogens with one attached hydrogen (secondary N) is 1. The standard InChI is InChI=1S/C20H22N4O5S/c1-20(2)18(26)23(19(27)22-20)11-14(24(28)13-25)12-29-16-5-3-4-6-17(16)30-15-7-9-21-10-8-15/h3-10,13-14,28H,11-12H2,1-2H3,(H,22,27). The maximum atomic E-state index is 12.4. The molecule has 158 valence electrons. The zero-order chi connectivity index (χ0) is 21.7. The lowest BCUT2D eigenvalue weighted by Crippen LogP contribution is -2.48. The highest BCUT2D eigenvalue weighted by molar-refractivity contribution is 7.99. The molecule has 3 rings (SSSR count). The average molecular weight is 430 g/mol. The number of carbonyl (C=O) groups excluding carboxylic acids is 3. The summed E-state index contributed by atoms with van der Waals surface area (Å²) in [4.78, 5) is 42.5. The van der Waals surface area contributed by atoms with Crippen LogP contribution in [0, 0.1) is 0 Å². The summed E-state index contributed by atoms with van der Waals surface area (Å²) in [6, 6.07) is 9.53. The Bertz CT molecular complexity index is 924. The number of para-hydroxylation sites is 1. The highest BCUT2D eigenvalue weighted by Gasteiger charge is 2.45. The summed E-state index contributed by atoms with van der Waals surface area (Å²) in [6.45, 7) is 2.84. The van der Waals surface area contributed by atoms with Crippen LogP contribution in [-0.4, -0.2) is 63.2 Å². The van der Waals surface area contributed by atoms with Gasteiger partial charge in [-0.1, -0.05) is 23.9 Å². The molecule has 0 radical (unpaired) electrons. The van der Waals surface area contributed by atoms with E-state index in [4.69, 9.17) is 4.74 Å². The number of pyridine rings is 1. The Kier molecular flexibility index (Phi) is 6.58. The summed E-state index contributed by atoms with van der Waals surface area (Å²) in [6.07, 6.45) is 3.60. The van der Waals surface area contributed by atoms with Crippen molar-refractivity contribution >= 4 is 30.1 Å². The van der Waals surface area contributed by atoms with Gasteiger partial charge < -0.3 is 10.1 Å². The molecule has 2 heterocycles. The Morgan fingerprint density at radius 2 is 1.97 bits per heavy atom. The summed E-state index contributed by atoms with van der Waals surface area (Å²) in [7, 11) is 0. The summed E-state index contributed by atoms with van der Waals surface area (Å²) >= 11 is 1.47. The van der Waals surface area contributed by atoms with Crippen molar-refractivity contribution in [2.24, 2.45) is 0 Å². The number of amides is 4. The molecule has 1 saturated heterocycles. The van der Waals surface area contributed by atoms with Gasteiger partial charge in [0.1, 0.15) is 23.9 Å². The third-order valence-corrected chi connectivity index (χ3v) is 5.54. The van der Waals surface area contributed by atoms with E-state index in [0.29, 0.717) is 10.8 Å². The highest BCUT2D eigenvalue weighted by Crippen LogP contribution is 2.34. The van der Waals surface area contributed by atoms with Crippen molar-refractivity contribution in [2.75, 3.05) is 13.2 Å². The number of rotatable bonds is 9. The van der Waals surface area contributed by atoms with Gasteiger partial charge in [-0.25, -0.2) is 9.86 Å². The Morgan fingerprint density at radius 1 is 1.27 bits per heavy atom. The maximum Gasteiger partial charge on any atom is 0.325 e. The second-order valence-corrected chi connectivity index (χ2v) is 8.27. The molecule has 10 heteroatoms. The number of benzene rings is 1. The smallest absolute Gasteiger partial charge is 0.325 e. The molecular formula is C20H22N4O5S. The van der Waals surface area contributed by atoms with Crippen molar-refractivity contribution < 1.29 is 24.3 Å². The molecule has 1 aliphatic heterocycles. The van der Waals surface area contributed by atoms with Crippen LogP contribution in [-0.2, 0) is 9.59 Å². The zero-order valence-corrected chi connectivity index (χ0v) is 17.3. The molecule has 4 amide bonds. The summed E-state index contributed by atoms with van der Waals surface area (Å²) in [5.41, 5.74) is -1.04. The van der Waals surface area contributed by atoms with Crippen LogP contribution in [0.25, 0.3) is 0 Å². The molecule has 1 unspecified atom stereocenters. The largest absolute Gasteiger partial charge is 0.490 e. The first-order chi connectivity index (χ1) is 14.3. The molecule has 1 fully saturated rings. The lowest BCUT2D eigenvalue weighted by Gasteiger charge is -2.26. The monoisotopic (exact) mass is 430 g/mol. The molecule has 0 bridgehead atoms. The average Bonchev–Trinajstić information content (AvgIpc) is 2.93. The molecule has 0 spiro atoms. The minimum absolute atomic E-state index is 0.124. The summed E-state index contributed by atoms with van der Waals surface area (Å²) in [5.74, 6) is 0.103. The maximum absolute atomic E-state index is 12.4. The van der Waals surface area contributed by atoms with E-state index in [-0.39, 0.29) is 19.6 Å². The van der Waals surface area contributed by atoms with Crippen LogP contribution < -0.4 is 10.1 Å². The van der Waals surface area contributed by atoms with Gasteiger partial charge in [-0.05, 0) is 38.1 Å². The van der Waals surface area contributed by atoms with E-state index in [1.165, 1.54) is 11.8 Å². The van der Waals surface area contributed by atoms with Gasteiger partial charge >= 0.3 is 6.03 Å². The van der Waals surface area contributed by atoms with Gasteiger partial charge in [0, 0.05) is 17.3 Å². The minimum atomic E-state index is -1.04. The van der Waals surface area contributed by atoms with Crippen molar-refractivity contribution in [3.05, 3.63) is 48.8 Å². The Labute approximate surface area is 178 Å². The molecule has 1 aliphatic rings. The van der Waals surface area contributed by atoms with Gasteiger partial charge in [0.25, 0.3) is 5.91 Å². The number of hydroxylamine groups is 2. The molecule has 1 aromatic heterocycles. The molecular weight excluding hydrogens is 408 g/mol. The van der Waals surface area contributed by atoms with Gasteiger partial charge in [-0.2, -0.15) is 0 Å². The number of urea groups is 1. The number of ether oxygens (including phenoxy) is 1. The van der Waals surface area contributed by atoms with Crippen LogP contribution in [0.1, 0.15) is 13.8 Å². The van der Waals surface area contributed by atoms with E-state index < -0.39 is 23.5 Å². The fourth-order valence-corrected chi connectivity index (χ4v) is 3.75. The van der Waals surface area contributed by atoms with Gasteiger partial charge in [0.2, 0.25) is 6.41 Å². The summed E-state index contributed by atoms with van der Waals surface area (Å²) in [5, 5.41) is 12.9. The van der Waals surface area contributed by atoms with Crippen molar-refractivity contribution in [3.8, 4) is 5.75 Å². The lowest BCUT2D eigenvalue weighted by atomic mass is 10.1. The van der Waals surface area contributed by atoms with Crippen LogP contribution in [0.15, 0.2) is 58.6 Å². The molecule has 1 aromatic carbocycles. The topological polar surface area (TPSA) is 112 Å². The van der Waals surface area contributed by atoms with Crippen LogP contribution in [0.3, 0.4) is 0 Å². The van der Waals surface area contributed by atoms with Crippen LogP contribution in [0.2, 0.25) is 0 Å². The lowest BCUT2D eigenvalue weighted by molar-refractivity contribution is -0.165. The normalized spacial score (nSPS) is 16.2. The van der Waals surface area contributed by atoms with Gasteiger partial charge in [-0.15, -0.1) is 0 Å². The van der Waals surface area contributed by atoms with E-state index in [1.807, 2.05) is 24.3 Å². The second-order valence-electron chi connectivity index (χ2n) is 7.15. The molecule has 2 N–H and O–H groups in total. The molecule has 9 nitrogen and oxygen atoms in total. The first-order valence-corrected chi connectivity index (χ1v) is 10.00. The van der Waals surface area contributed by atoms with Gasteiger partial charge in [-0.3, -0.25) is 24.7 Å². The number of aromatic nitrogens is 1. The number of hydrogen-bond donors (Lipinski definition) is 2. The van der Waals surface area contributed by atoms with Crippen LogP contribution in [0.4, 0.5) is 4.79 Å². The van der Waals surface area contributed by atoms with Crippen molar-refractivity contribution in [1.29, 1.82) is 0 Å². The van der Waals surface area contributed by atoms with Crippen LogP contribution in [0.5, 0.6) is 5.75 Å². The number of nitrogens with zero attached hydrogens (tertiary/aromatic N) is 3. The Morgan fingerprint density at radius 3 is 2.60 bits per heavy atom. The molecule has 0 saturated carbocycles. The predicted octanol–water partition coefficient (Wildman–Crippen LogP) is 2.16. The van der Waals surface area contributed by atoms with E-state index in [2.05, 4.69) is 10.3 Å². The fraction of sp³-hybridized carbons (Fsp3) is 0.300. The zero-order valence-electron chi connectivity index (χ0n) is 16.5. The van der Waals surface area contributed by atoms with Crippen LogP contribution >= 0.6 is 11.8 Å². The van der Waals surface area contributed by atoms with Gasteiger partial charge in [0.05, 0.1) is 11.4 Å². The van der Waals surface area contributed by atoms with Crippen molar-refractivity contribution in [1.82, 2.24) is 20.3 Å². The number of carbonyl (C=O) groups is 3. The number of hydrogen-bond acceptors (Lipinski definition) is 7. The highest BCUT2D eigenvalue weighted by atomic mass is 32.2. The first-order valence-electron chi connectivity index (χ1n) is 9.18. The minimum Gasteiger partial charge on any atom is -0.490 e. The first kappa shape index (κ1) is 21.6. The van der Waals surface area contributed by atoms with E-state index in [9.17, 15) is 19.6 Å². The van der Waals surface area contributed by atoms with Crippen molar-refractivity contribution in [2.45, 2.75) is 35.2 Å². The predicted molar refractivity (Wildman–Crippen MR) is 108 cm³/mol. The van der Waals surface area contributed by atoms with E-state index in [1.54, 1.807) is 38.4 Å². The summed E-state index contributed by atoms with van der Waals surface area (Å²) < 4.78 is 5.86. The fourth-order valence-electron chi connectivity index (χ4n) is 2.87. The quantitative estimate of drug-likeness (QED) is 0.271.